The van der Waals surface area contributed by atoms with E-state index in [1.807, 2.05) is 0 Å². The lowest BCUT2D eigenvalue weighted by atomic mass is 14.0. The molecule has 1 nitrogen and oxygen atoms in total. The van der Waals surface area contributed by atoms with Gasteiger partial charge in [0.15, 0.2) is 0 Å². The Kier molecular flexibility index (Phi) is 2840000. The first kappa shape index (κ1) is 5990. The van der Waals surface area contributed by atoms with E-state index in [0.29, 0.717) is 0 Å². The molecule has 0 atom stereocenters. The molecule has 0 aromatic heterocycles. The van der Waals surface area contributed by atoms with Crippen LogP contribution in [0.2, 0.25) is 0 Å². The molecule has 0 aliphatic rings. The minimum atomic E-state index is 0. The summed E-state index contributed by atoms with van der Waals surface area (Å²) in [6.07, 6.45) is 0. The van der Waals surface area contributed by atoms with Gasteiger partial charge in [0.05, 0.1) is 0 Å². The van der Waals surface area contributed by atoms with Crippen molar-refractivity contribution in [3.05, 3.63) is 0 Å². The highest BCUT2D eigenvalue weighted by Crippen LogP contribution is 0.425. The van der Waals surface area contributed by atoms with Gasteiger partial charge >= 0.3 is 0 Å². The van der Waals surface area contributed by atoms with Crippen molar-refractivity contribution in [1.29, 1.82) is 0 Å². The molecule has 0 aromatic rings. The molecule has 0 saturated heterocycles. The molecular weight excluding hydrogens is 156 g/mol. The van der Waals surface area contributed by atoms with E-state index < -0.39 is 0 Å². The fraction of sp³-hybridized carbons (Fsp3) is 0. The van der Waals surface area contributed by atoms with Crippen LogP contribution in [0.25, 0.3) is 0 Å². The molecule has 8 heavy (non-hydrogen) atoms. The van der Waals surface area contributed by atoms with Gasteiger partial charge in [-0.15, -0.1) is 0 Å². The molecule has 0 bridgehead atoms. The Bertz CT molecular complexity index is 8.49. The highest BCUT2D eigenvalue weighted by atomic mass is 28.1. The van der Waals surface area contributed by atoms with Crippen LogP contribution in [0.3, 0.4) is 0 Å². The maximum atomic E-state index is 0. The quantitative estimate of drug-likeness (QED) is 0.389. The summed E-state index contributed by atoms with van der Waals surface area (Å²) in [7, 11) is 0. The number of rotatable bonds is 0. The first-order chi connectivity index (χ1) is 0. The maximum absolute atomic E-state index is 0. The smallest absolute Gasteiger partial charge is 0.0149 e. The number of halogens is 6. The third-order valence-electron chi connectivity index (χ3n) is 0. The molecule has 8 heteroatoms. The number of hydrogen-bond acceptors (Lipinski definition) is 1. The highest BCUT2D eigenvalue weighted by Gasteiger charge is -0.0148. The van der Waals surface area contributed by atoms with E-state index in [9.17, 15) is 0 Å². The van der Waals surface area contributed by atoms with Gasteiger partial charge in [0.1, 0.15) is 0 Å². The molecule has 0 amide bonds. The Labute approximate surface area is 46.6 Å². The van der Waals surface area contributed by atoms with E-state index in [4.69, 9.17) is 0 Å². The molecule has 0 rings (SSSR count). The third kappa shape index (κ3) is 2200. The minimum absolute atomic E-state index is 0. The molecule has 64 valence electrons. The second-order valence-electron chi connectivity index (χ2n) is 0. The molecule has 0 fully saturated rings. The van der Waals surface area contributed by atoms with Crippen LogP contribution in [-0.2, 0) is 0 Å². The lowest BCUT2D eigenvalue weighted by molar-refractivity contribution is 1.11. The summed E-state index contributed by atoms with van der Waals surface area (Å²) in [5.74, 6) is 0. The van der Waals surface area contributed by atoms with Crippen LogP contribution in [0, 0.1) is 0 Å². The average Bonchev–Trinajstić information content (AvgIpc) is 0. The Morgan fingerprint density at radius 1 is 0.375 bits per heavy atom. The van der Waals surface area contributed by atoms with E-state index in [1.54, 1.807) is 0 Å². The molecule has 3 N–H and O–H groups in total. The van der Waals surface area contributed by atoms with Crippen molar-refractivity contribution in [2.45, 2.75) is 0 Å². The first-order valence-corrected chi connectivity index (χ1v) is 0. The molecule has 0 spiro atoms. The Balaban J connectivity index is 0. The van der Waals surface area contributed by atoms with Crippen LogP contribution in [-0.4, -0.2) is 11.0 Å². The Morgan fingerprint density at radius 2 is 0.375 bits per heavy atom. The van der Waals surface area contributed by atoms with Crippen molar-refractivity contribution in [1.82, 2.24) is 6.15 Å². The molecule has 0 heterocycles. The summed E-state index contributed by atoms with van der Waals surface area (Å²) in [5, 5.41) is 0. The fourth-order valence-electron chi connectivity index (χ4n) is 0. The van der Waals surface area contributed by atoms with Gasteiger partial charge in [-0.1, -0.05) is 0 Å². The van der Waals surface area contributed by atoms with Gasteiger partial charge in [-0.05, 0) is 11.0 Å². The summed E-state index contributed by atoms with van der Waals surface area (Å²) in [4.78, 5) is 0. The zero-order valence-corrected chi connectivity index (χ0v) is 3.16. The summed E-state index contributed by atoms with van der Waals surface area (Å²) >= 11 is 0. The second-order valence-corrected chi connectivity index (χ2v) is 0. The van der Waals surface area contributed by atoms with E-state index in [-0.39, 0.29) is 45.3 Å². The van der Waals surface area contributed by atoms with Crippen LogP contribution < -0.4 is 6.15 Å². The molecule has 0 unspecified atom stereocenters. The normalized spacial score (nSPS) is 0. The summed E-state index contributed by atoms with van der Waals surface area (Å²) in [6.45, 7) is 0. The first-order valence-electron chi connectivity index (χ1n) is 0. The minimum Gasteiger partial charge on any atom is -0.344 e. The third-order valence-corrected chi connectivity index (χ3v) is 0. The monoisotopic (exact) mass is 169 g/mol. The summed E-state index contributed by atoms with van der Waals surface area (Å²) in [6, 6.07) is 0. The topological polar surface area (TPSA) is 35.0 Å². The van der Waals surface area contributed by atoms with Gasteiger partial charge in [-0.25, -0.2) is 0 Å². The molecule has 0 aliphatic carbocycles. The van der Waals surface area contributed by atoms with Gasteiger partial charge in [0.25, 0.3) is 0 Å². The molecule has 0 aromatic carbocycles. The standard InChI is InChI=1S/6FH.H3N.H4Si/h6*1H;1H3;1H4. The van der Waals surface area contributed by atoms with Crippen LogP contribution in [0.5, 0.6) is 0 Å². The van der Waals surface area contributed by atoms with E-state index in [2.05, 4.69) is 0 Å². The zero-order chi connectivity index (χ0) is 0. The van der Waals surface area contributed by atoms with Gasteiger partial charge in [-0.2, -0.15) is 0 Å². The van der Waals surface area contributed by atoms with Crippen LogP contribution in [0.4, 0.5) is 28.2 Å². The van der Waals surface area contributed by atoms with Crippen molar-refractivity contribution in [2.24, 2.45) is 0 Å². The van der Waals surface area contributed by atoms with Crippen LogP contribution >= 0.6 is 0 Å². The number of hydrogen-bond donors (Lipinski definition) is 1. The largest absolute Gasteiger partial charge is 0.344 e. The molecule has 0 radical (unpaired) electrons. The van der Waals surface area contributed by atoms with E-state index >= 15 is 0 Å². The lowest BCUT2D eigenvalue weighted by Gasteiger charge is -0.344. The predicted octanol–water partition coefficient (Wildman–Crippen LogP) is -0.375. The van der Waals surface area contributed by atoms with Crippen LogP contribution in [0.15, 0.2) is 0 Å². The van der Waals surface area contributed by atoms with Crippen molar-refractivity contribution in [3.63, 3.8) is 0 Å². The molecule has 0 aliphatic heterocycles. The fourth-order valence-corrected chi connectivity index (χ4v) is 0. The highest BCUT2D eigenvalue weighted by molar-refractivity contribution is 5.75. The maximum Gasteiger partial charge on any atom is -0.0149 e. The van der Waals surface area contributed by atoms with Crippen molar-refractivity contribution in [3.8, 4) is 0 Å². The molecular formula is H13F6NSi. The Hall–Kier alpha value is -0.243. The Morgan fingerprint density at radius 3 is 0.375 bits per heavy atom. The summed E-state index contributed by atoms with van der Waals surface area (Å²) in [5.41, 5.74) is 0. The lowest BCUT2D eigenvalue weighted by Crippen LogP contribution is -0.481. The van der Waals surface area contributed by atoms with Gasteiger partial charge < -0.3 is 6.15 Å². The van der Waals surface area contributed by atoms with E-state index in [1.165, 1.54) is 0 Å². The van der Waals surface area contributed by atoms with Gasteiger partial charge in [0, 0.05) is 0 Å². The van der Waals surface area contributed by atoms with Gasteiger partial charge in [-0.3, -0.25) is 28.2 Å². The molecule has 0 saturated carbocycles. The van der Waals surface area contributed by atoms with Gasteiger partial charge in [0.2, 0.25) is 0 Å². The van der Waals surface area contributed by atoms with Crippen molar-refractivity contribution < 1.29 is 28.2 Å². The SMILES string of the molecule is F.F.F.F.F.F.N.[SiH4]. The van der Waals surface area contributed by atoms with Crippen LogP contribution in [0.1, 0.15) is 0 Å². The average molecular weight is 169 g/mol. The second kappa shape index (κ2) is 3790. The zero-order valence-electron chi connectivity index (χ0n) is 3.16. The van der Waals surface area contributed by atoms with Crippen molar-refractivity contribution >= 4 is 11.0 Å². The summed E-state index contributed by atoms with van der Waals surface area (Å²) < 4.78 is 0. The van der Waals surface area contributed by atoms with Crippen molar-refractivity contribution in [2.75, 3.05) is 0 Å². The van der Waals surface area contributed by atoms with E-state index in [0.717, 1.165) is 0 Å². The predicted molar refractivity (Wildman–Crippen MR) is 31.4 cm³/mol.